The van der Waals surface area contributed by atoms with Gasteiger partial charge in [-0.25, -0.2) is 0 Å². The molecule has 1 heterocycles. The van der Waals surface area contributed by atoms with Crippen molar-refractivity contribution in [2.75, 3.05) is 13.1 Å². The zero-order valence-electron chi connectivity index (χ0n) is 10.0. The molecule has 1 aliphatic heterocycles. The van der Waals surface area contributed by atoms with E-state index in [1.54, 1.807) is 0 Å². The minimum Gasteiger partial charge on any atom is -0.339 e. The molecule has 1 aromatic carbocycles. The van der Waals surface area contributed by atoms with Crippen molar-refractivity contribution in [1.82, 2.24) is 4.90 Å². The van der Waals surface area contributed by atoms with Gasteiger partial charge in [-0.3, -0.25) is 4.79 Å². The third-order valence-electron chi connectivity index (χ3n) is 3.23. The molecule has 0 saturated carbocycles. The van der Waals surface area contributed by atoms with Crippen molar-refractivity contribution in [3.8, 4) is 6.07 Å². The molecule has 0 unspecified atom stereocenters. The van der Waals surface area contributed by atoms with E-state index in [1.165, 1.54) is 0 Å². The maximum Gasteiger partial charge on any atom is 0.253 e. The van der Waals surface area contributed by atoms with Gasteiger partial charge in [0.25, 0.3) is 5.91 Å². The average Bonchev–Trinajstić information content (AvgIpc) is 2.38. The van der Waals surface area contributed by atoms with Gasteiger partial charge in [-0.15, -0.1) is 0 Å². The Kier molecular flexibility index (Phi) is 3.43. The number of benzene rings is 1. The quantitative estimate of drug-likeness (QED) is 0.740. The molecule has 0 aliphatic carbocycles. The van der Waals surface area contributed by atoms with Gasteiger partial charge in [0.15, 0.2) is 0 Å². The van der Waals surface area contributed by atoms with Gasteiger partial charge in [0.2, 0.25) is 0 Å². The largest absolute Gasteiger partial charge is 0.339 e. The van der Waals surface area contributed by atoms with Crippen LogP contribution in [-0.2, 0) is 0 Å². The van der Waals surface area contributed by atoms with E-state index in [9.17, 15) is 4.79 Å². The molecule has 1 saturated heterocycles. The van der Waals surface area contributed by atoms with Gasteiger partial charge in [0.1, 0.15) is 0 Å². The molecule has 0 atom stereocenters. The highest BCUT2D eigenvalue weighted by Gasteiger charge is 2.23. The lowest BCUT2D eigenvalue weighted by Crippen LogP contribution is -2.38. The number of piperidine rings is 1. The van der Waals surface area contributed by atoms with Crippen molar-refractivity contribution in [2.24, 2.45) is 5.92 Å². The number of hydrogen-bond acceptors (Lipinski definition) is 2. The Hall–Kier alpha value is -1.82. The van der Waals surface area contributed by atoms with Crippen molar-refractivity contribution in [3.63, 3.8) is 0 Å². The highest BCUT2D eigenvalue weighted by molar-refractivity contribution is 5.94. The summed E-state index contributed by atoms with van der Waals surface area (Å²) in [5, 5.41) is 8.82. The smallest absolute Gasteiger partial charge is 0.253 e. The molecule has 0 aromatic heterocycles. The Bertz CT molecular complexity index is 454. The summed E-state index contributed by atoms with van der Waals surface area (Å²) in [7, 11) is 0. The van der Waals surface area contributed by atoms with E-state index >= 15 is 0 Å². The average molecular weight is 228 g/mol. The minimum atomic E-state index is 0.0880. The van der Waals surface area contributed by atoms with Gasteiger partial charge in [-0.1, -0.05) is 17.7 Å². The first-order chi connectivity index (χ1) is 8.20. The van der Waals surface area contributed by atoms with Crippen LogP contribution in [0.4, 0.5) is 0 Å². The van der Waals surface area contributed by atoms with Crippen LogP contribution in [0.1, 0.15) is 28.8 Å². The predicted molar refractivity (Wildman–Crippen MR) is 65.4 cm³/mol. The summed E-state index contributed by atoms with van der Waals surface area (Å²) in [5.74, 6) is 0.210. The fraction of sp³-hybridized carbons (Fsp3) is 0.429. The van der Waals surface area contributed by atoms with Crippen molar-refractivity contribution in [2.45, 2.75) is 19.8 Å². The standard InChI is InChI=1S/C14H16N2O/c1-11-3-2-4-13(9-11)14(17)16-7-5-12(10-15)6-8-16/h2-4,9,12H,5-8H2,1H3. The summed E-state index contributed by atoms with van der Waals surface area (Å²) in [4.78, 5) is 14.0. The topological polar surface area (TPSA) is 44.1 Å². The van der Waals surface area contributed by atoms with Crippen LogP contribution in [0.25, 0.3) is 0 Å². The molecular formula is C14H16N2O. The molecule has 88 valence electrons. The third-order valence-corrected chi connectivity index (χ3v) is 3.23. The van der Waals surface area contributed by atoms with E-state index in [1.807, 2.05) is 36.1 Å². The molecule has 3 heteroatoms. The van der Waals surface area contributed by atoms with Crippen LogP contribution in [0.5, 0.6) is 0 Å². The molecule has 0 radical (unpaired) electrons. The number of likely N-dealkylation sites (tertiary alicyclic amines) is 1. The Morgan fingerprint density at radius 2 is 2.12 bits per heavy atom. The fourth-order valence-corrected chi connectivity index (χ4v) is 2.17. The fourth-order valence-electron chi connectivity index (χ4n) is 2.17. The first-order valence-corrected chi connectivity index (χ1v) is 5.96. The number of carbonyl (C=O) groups excluding carboxylic acids is 1. The monoisotopic (exact) mass is 228 g/mol. The SMILES string of the molecule is Cc1cccc(C(=O)N2CCC(C#N)CC2)c1. The lowest BCUT2D eigenvalue weighted by Gasteiger charge is -2.29. The zero-order chi connectivity index (χ0) is 12.3. The Labute approximate surface area is 102 Å². The van der Waals surface area contributed by atoms with Crippen molar-refractivity contribution >= 4 is 5.91 Å². The molecule has 1 amide bonds. The molecule has 1 aromatic rings. The number of amides is 1. The van der Waals surface area contributed by atoms with Gasteiger partial charge >= 0.3 is 0 Å². The van der Waals surface area contributed by atoms with E-state index < -0.39 is 0 Å². The van der Waals surface area contributed by atoms with Crippen LogP contribution in [0.3, 0.4) is 0 Å². The van der Waals surface area contributed by atoms with Crippen molar-refractivity contribution in [3.05, 3.63) is 35.4 Å². The maximum absolute atomic E-state index is 12.2. The highest BCUT2D eigenvalue weighted by atomic mass is 16.2. The molecule has 1 aliphatic rings. The summed E-state index contributed by atoms with van der Waals surface area (Å²) in [6, 6.07) is 9.93. The number of carbonyl (C=O) groups is 1. The molecule has 2 rings (SSSR count). The van der Waals surface area contributed by atoms with Crippen LogP contribution in [0.2, 0.25) is 0 Å². The van der Waals surface area contributed by atoms with Crippen LogP contribution >= 0.6 is 0 Å². The van der Waals surface area contributed by atoms with Gasteiger partial charge in [0, 0.05) is 24.6 Å². The van der Waals surface area contributed by atoms with E-state index in [-0.39, 0.29) is 11.8 Å². The summed E-state index contributed by atoms with van der Waals surface area (Å²) in [6.07, 6.45) is 1.60. The van der Waals surface area contributed by atoms with Gasteiger partial charge in [-0.2, -0.15) is 5.26 Å². The van der Waals surface area contributed by atoms with Crippen LogP contribution in [-0.4, -0.2) is 23.9 Å². The molecule has 3 nitrogen and oxygen atoms in total. The van der Waals surface area contributed by atoms with E-state index in [0.29, 0.717) is 13.1 Å². The number of aryl methyl sites for hydroxylation is 1. The normalized spacial score (nSPS) is 16.6. The maximum atomic E-state index is 12.2. The lowest BCUT2D eigenvalue weighted by molar-refractivity contribution is 0.0707. The number of rotatable bonds is 1. The van der Waals surface area contributed by atoms with Crippen LogP contribution in [0.15, 0.2) is 24.3 Å². The van der Waals surface area contributed by atoms with Gasteiger partial charge < -0.3 is 4.90 Å². The Morgan fingerprint density at radius 3 is 2.71 bits per heavy atom. The first kappa shape index (κ1) is 11.7. The Balaban J connectivity index is 2.05. The minimum absolute atomic E-state index is 0.0880. The molecule has 0 spiro atoms. The number of nitrogens with zero attached hydrogens (tertiary/aromatic N) is 2. The Morgan fingerprint density at radius 1 is 1.41 bits per heavy atom. The zero-order valence-corrected chi connectivity index (χ0v) is 10.0. The summed E-state index contributed by atoms with van der Waals surface area (Å²) in [5.41, 5.74) is 1.85. The molecule has 0 bridgehead atoms. The van der Waals surface area contributed by atoms with Crippen LogP contribution in [0, 0.1) is 24.2 Å². The predicted octanol–water partition coefficient (Wildman–Crippen LogP) is 2.37. The second kappa shape index (κ2) is 5.01. The number of nitriles is 1. The molecule has 0 N–H and O–H groups in total. The molecular weight excluding hydrogens is 212 g/mol. The van der Waals surface area contributed by atoms with Gasteiger partial charge in [0.05, 0.1) is 6.07 Å². The van der Waals surface area contributed by atoms with Gasteiger partial charge in [-0.05, 0) is 31.9 Å². The highest BCUT2D eigenvalue weighted by Crippen LogP contribution is 2.18. The number of hydrogen-bond donors (Lipinski definition) is 0. The molecule has 1 fully saturated rings. The second-order valence-electron chi connectivity index (χ2n) is 4.57. The second-order valence-corrected chi connectivity index (χ2v) is 4.57. The van der Waals surface area contributed by atoms with E-state index in [4.69, 9.17) is 5.26 Å². The van der Waals surface area contributed by atoms with E-state index in [0.717, 1.165) is 24.0 Å². The summed E-state index contributed by atoms with van der Waals surface area (Å²) >= 11 is 0. The van der Waals surface area contributed by atoms with Crippen molar-refractivity contribution in [1.29, 1.82) is 5.26 Å². The first-order valence-electron chi connectivity index (χ1n) is 5.96. The summed E-state index contributed by atoms with van der Waals surface area (Å²) < 4.78 is 0. The summed E-state index contributed by atoms with van der Waals surface area (Å²) in [6.45, 7) is 3.38. The lowest BCUT2D eigenvalue weighted by atomic mass is 9.98. The third kappa shape index (κ3) is 2.65. The van der Waals surface area contributed by atoms with Crippen molar-refractivity contribution < 1.29 is 4.79 Å². The van der Waals surface area contributed by atoms with E-state index in [2.05, 4.69) is 6.07 Å². The van der Waals surface area contributed by atoms with Crippen LogP contribution < -0.4 is 0 Å². The molecule has 17 heavy (non-hydrogen) atoms.